The van der Waals surface area contributed by atoms with E-state index in [2.05, 4.69) is 15.6 Å². The van der Waals surface area contributed by atoms with E-state index in [1.165, 1.54) is 0 Å². The Kier molecular flexibility index (Phi) is 13.8. The number of amides is 2. The SMILES string of the molecule is Cc1nc(N)ccc1CNC(=O)[C@@H](C)C(CCc1ccccc1)(NCCCc1cccc(O)c1)C(N)=O.Cl.Cl. The summed E-state index contributed by atoms with van der Waals surface area (Å²) in [5, 5.41) is 16.0. The lowest BCUT2D eigenvalue weighted by atomic mass is 9.78. The third kappa shape index (κ3) is 9.42. The van der Waals surface area contributed by atoms with E-state index < -0.39 is 17.4 Å². The van der Waals surface area contributed by atoms with Crippen molar-refractivity contribution in [3.05, 3.63) is 89.1 Å². The number of hydrogen-bond donors (Lipinski definition) is 5. The Bertz CT molecular complexity index is 1210. The first-order valence-corrected chi connectivity index (χ1v) is 12.6. The van der Waals surface area contributed by atoms with Crippen LogP contribution < -0.4 is 22.1 Å². The second kappa shape index (κ2) is 15.9. The lowest BCUT2D eigenvalue weighted by Gasteiger charge is -2.37. The molecular formula is C29H39Cl2N5O3. The first kappa shape index (κ1) is 33.7. The van der Waals surface area contributed by atoms with Crippen molar-refractivity contribution in [2.24, 2.45) is 11.7 Å². The number of halogens is 2. The standard InChI is InChI=1S/C29H37N5O3.2ClH/c1-20(27(36)32-19-24-13-14-26(30)34-21(24)2)29(28(31)37,16-15-22-8-4-3-5-9-22)33-17-7-11-23-10-6-12-25(35)18-23;;/h3-6,8-10,12-14,18,20,33,35H,7,11,15-17,19H2,1-2H3,(H2,30,34)(H2,31,37)(H,32,36);2*1H/t20-,29?;;/m1../s1. The van der Waals surface area contributed by atoms with Crippen LogP contribution in [0.2, 0.25) is 0 Å². The zero-order chi connectivity index (χ0) is 26.8. The van der Waals surface area contributed by atoms with E-state index in [4.69, 9.17) is 11.5 Å². The number of benzene rings is 2. The molecule has 0 fully saturated rings. The maximum atomic E-state index is 13.3. The molecule has 3 rings (SSSR count). The van der Waals surface area contributed by atoms with Crippen LogP contribution in [0.25, 0.3) is 0 Å². The molecule has 212 valence electrons. The second-order valence-electron chi connectivity index (χ2n) is 9.44. The van der Waals surface area contributed by atoms with Gasteiger partial charge in [-0.05, 0) is 74.0 Å². The smallest absolute Gasteiger partial charge is 0.238 e. The average Bonchev–Trinajstić information content (AvgIpc) is 2.88. The number of carbonyl (C=O) groups is 2. The predicted molar refractivity (Wildman–Crippen MR) is 160 cm³/mol. The van der Waals surface area contributed by atoms with E-state index >= 15 is 0 Å². The Morgan fingerprint density at radius 1 is 1.00 bits per heavy atom. The van der Waals surface area contributed by atoms with Crippen LogP contribution in [-0.4, -0.2) is 34.0 Å². The van der Waals surface area contributed by atoms with E-state index in [0.29, 0.717) is 38.0 Å². The van der Waals surface area contributed by atoms with Gasteiger partial charge in [0.25, 0.3) is 0 Å². The maximum absolute atomic E-state index is 13.3. The molecule has 10 heteroatoms. The highest BCUT2D eigenvalue weighted by Crippen LogP contribution is 2.25. The fourth-order valence-electron chi connectivity index (χ4n) is 4.54. The Labute approximate surface area is 242 Å². The molecule has 0 saturated heterocycles. The molecule has 0 radical (unpaired) electrons. The summed E-state index contributed by atoms with van der Waals surface area (Å²) < 4.78 is 0. The molecule has 0 saturated carbocycles. The number of aryl methyl sites for hydroxylation is 3. The lowest BCUT2D eigenvalue weighted by Crippen LogP contribution is -2.63. The van der Waals surface area contributed by atoms with Gasteiger partial charge in [-0.25, -0.2) is 4.98 Å². The minimum Gasteiger partial charge on any atom is -0.508 e. The number of nitrogens with two attached hydrogens (primary N) is 2. The summed E-state index contributed by atoms with van der Waals surface area (Å²) in [4.78, 5) is 30.5. The zero-order valence-electron chi connectivity index (χ0n) is 22.4. The minimum atomic E-state index is -1.24. The molecule has 0 aliphatic carbocycles. The second-order valence-corrected chi connectivity index (χ2v) is 9.44. The van der Waals surface area contributed by atoms with Crippen molar-refractivity contribution in [1.29, 1.82) is 0 Å². The van der Waals surface area contributed by atoms with E-state index in [-0.39, 0.29) is 43.0 Å². The van der Waals surface area contributed by atoms with Gasteiger partial charge in [0.05, 0.1) is 5.92 Å². The van der Waals surface area contributed by atoms with Crippen molar-refractivity contribution in [3.63, 3.8) is 0 Å². The fourth-order valence-corrected chi connectivity index (χ4v) is 4.54. The van der Waals surface area contributed by atoms with Gasteiger partial charge in [-0.15, -0.1) is 24.8 Å². The number of carbonyl (C=O) groups excluding carboxylic acids is 2. The summed E-state index contributed by atoms with van der Waals surface area (Å²) in [6.07, 6.45) is 2.37. The molecule has 0 aliphatic rings. The van der Waals surface area contributed by atoms with Crippen molar-refractivity contribution in [2.45, 2.75) is 51.6 Å². The van der Waals surface area contributed by atoms with E-state index in [1.54, 1.807) is 31.2 Å². The molecule has 8 nitrogen and oxygen atoms in total. The Morgan fingerprint density at radius 3 is 2.33 bits per heavy atom. The normalized spacial score (nSPS) is 12.8. The third-order valence-electron chi connectivity index (χ3n) is 6.89. The van der Waals surface area contributed by atoms with Crippen LogP contribution in [0.1, 0.15) is 42.1 Å². The van der Waals surface area contributed by atoms with Crippen molar-refractivity contribution < 1.29 is 14.7 Å². The molecule has 1 aromatic heterocycles. The van der Waals surface area contributed by atoms with Crippen molar-refractivity contribution in [2.75, 3.05) is 12.3 Å². The summed E-state index contributed by atoms with van der Waals surface area (Å²) in [7, 11) is 0. The molecule has 2 atom stereocenters. The van der Waals surface area contributed by atoms with Crippen LogP contribution in [0.5, 0.6) is 5.75 Å². The Morgan fingerprint density at radius 2 is 1.69 bits per heavy atom. The number of nitrogens with one attached hydrogen (secondary N) is 2. The Balaban J connectivity index is 0.00000380. The lowest BCUT2D eigenvalue weighted by molar-refractivity contribution is -0.136. The van der Waals surface area contributed by atoms with Gasteiger partial charge >= 0.3 is 0 Å². The molecule has 2 aromatic carbocycles. The number of hydrogen-bond acceptors (Lipinski definition) is 6. The third-order valence-corrected chi connectivity index (χ3v) is 6.89. The van der Waals surface area contributed by atoms with Gasteiger partial charge in [-0.3, -0.25) is 9.59 Å². The number of phenols is 1. The van der Waals surface area contributed by atoms with Gasteiger partial charge in [-0.2, -0.15) is 0 Å². The molecule has 3 aromatic rings. The molecule has 0 spiro atoms. The number of nitrogens with zero attached hydrogens (tertiary/aromatic N) is 1. The summed E-state index contributed by atoms with van der Waals surface area (Å²) >= 11 is 0. The molecule has 1 heterocycles. The quantitative estimate of drug-likeness (QED) is 0.196. The molecule has 0 bridgehead atoms. The van der Waals surface area contributed by atoms with Gasteiger partial charge in [0.2, 0.25) is 11.8 Å². The summed E-state index contributed by atoms with van der Waals surface area (Å²) in [5.41, 5.74) is 14.1. The van der Waals surface area contributed by atoms with E-state index in [0.717, 1.165) is 22.4 Å². The van der Waals surface area contributed by atoms with Gasteiger partial charge in [0.1, 0.15) is 17.1 Å². The van der Waals surface area contributed by atoms with E-state index in [1.807, 2.05) is 49.4 Å². The van der Waals surface area contributed by atoms with Gasteiger partial charge in [0.15, 0.2) is 0 Å². The number of primary amides is 1. The highest BCUT2D eigenvalue weighted by molar-refractivity contribution is 5.92. The zero-order valence-corrected chi connectivity index (χ0v) is 24.0. The van der Waals surface area contributed by atoms with Gasteiger partial charge in [0, 0.05) is 12.2 Å². The molecular weight excluding hydrogens is 537 g/mol. The summed E-state index contributed by atoms with van der Waals surface area (Å²) in [6, 6.07) is 20.5. The first-order valence-electron chi connectivity index (χ1n) is 12.6. The highest BCUT2D eigenvalue weighted by atomic mass is 35.5. The average molecular weight is 577 g/mol. The van der Waals surface area contributed by atoms with Crippen LogP contribution >= 0.6 is 24.8 Å². The Hall–Kier alpha value is -3.33. The summed E-state index contributed by atoms with van der Waals surface area (Å²) in [6.45, 7) is 4.32. The first-order chi connectivity index (χ1) is 17.7. The number of nitrogen functional groups attached to an aromatic ring is 1. The van der Waals surface area contributed by atoms with Crippen LogP contribution in [0.4, 0.5) is 5.82 Å². The monoisotopic (exact) mass is 575 g/mol. The number of phenolic OH excluding ortho intramolecular Hbond substituents is 1. The number of pyridine rings is 1. The van der Waals surface area contributed by atoms with E-state index in [9.17, 15) is 14.7 Å². The number of aromatic hydroxyl groups is 1. The van der Waals surface area contributed by atoms with Crippen LogP contribution in [0, 0.1) is 12.8 Å². The molecule has 1 unspecified atom stereocenters. The predicted octanol–water partition coefficient (Wildman–Crippen LogP) is 3.85. The number of rotatable bonds is 13. The molecule has 7 N–H and O–H groups in total. The van der Waals surface area contributed by atoms with Gasteiger partial charge in [-0.1, -0.05) is 55.5 Å². The number of anilines is 1. The molecule has 39 heavy (non-hydrogen) atoms. The van der Waals surface area contributed by atoms with Crippen molar-refractivity contribution in [1.82, 2.24) is 15.6 Å². The molecule has 2 amide bonds. The largest absolute Gasteiger partial charge is 0.508 e. The molecule has 0 aliphatic heterocycles. The van der Waals surface area contributed by atoms with Crippen molar-refractivity contribution in [3.8, 4) is 5.75 Å². The minimum absolute atomic E-state index is 0. The number of aromatic nitrogens is 1. The topological polar surface area (TPSA) is 143 Å². The fraction of sp³-hybridized carbons (Fsp3) is 0.345. The summed E-state index contributed by atoms with van der Waals surface area (Å²) in [5.74, 6) is -0.921. The van der Waals surface area contributed by atoms with Crippen LogP contribution in [0.15, 0.2) is 66.7 Å². The van der Waals surface area contributed by atoms with Crippen LogP contribution in [0.3, 0.4) is 0 Å². The van der Waals surface area contributed by atoms with Crippen LogP contribution in [-0.2, 0) is 29.0 Å². The van der Waals surface area contributed by atoms with Crippen molar-refractivity contribution >= 4 is 42.4 Å². The highest BCUT2D eigenvalue weighted by Gasteiger charge is 2.44. The van der Waals surface area contributed by atoms with Gasteiger partial charge < -0.3 is 27.2 Å². The maximum Gasteiger partial charge on any atom is 0.238 e.